The Morgan fingerprint density at radius 3 is 2.79 bits per heavy atom. The van der Waals surface area contributed by atoms with E-state index in [-0.39, 0.29) is 4.90 Å². The second kappa shape index (κ2) is 5.20. The van der Waals surface area contributed by atoms with Crippen LogP contribution >= 0.6 is 11.6 Å². The predicted molar refractivity (Wildman–Crippen MR) is 73.5 cm³/mol. The number of rotatable bonds is 4. The minimum atomic E-state index is -3.74. The predicted octanol–water partition coefficient (Wildman–Crippen LogP) is 1.63. The lowest BCUT2D eigenvalue weighted by atomic mass is 10.2. The number of sulfonamides is 1. The number of anilines is 1. The number of halogens is 1. The van der Waals surface area contributed by atoms with Crippen LogP contribution in [0.3, 0.4) is 0 Å². The lowest BCUT2D eigenvalue weighted by Crippen LogP contribution is -2.12. The van der Waals surface area contributed by atoms with Gasteiger partial charge in [0.05, 0.1) is 21.8 Å². The standard InChI is InChI=1S/C11H13ClN4O2S/c1-7-8(6-15-16-7)5-14-11-4-9(19(13,17)18)2-3-10(11)12/h2-4,6,14H,5H2,1H3,(H,15,16)(H2,13,17,18). The van der Waals surface area contributed by atoms with Gasteiger partial charge in [0.1, 0.15) is 0 Å². The van der Waals surface area contributed by atoms with Crippen molar-refractivity contribution < 1.29 is 8.42 Å². The molecule has 0 radical (unpaired) electrons. The smallest absolute Gasteiger partial charge is 0.238 e. The fraction of sp³-hybridized carbons (Fsp3) is 0.182. The van der Waals surface area contributed by atoms with Gasteiger partial charge in [-0.05, 0) is 25.1 Å². The monoisotopic (exact) mass is 300 g/mol. The average molecular weight is 301 g/mol. The minimum absolute atomic E-state index is 0.0170. The maximum atomic E-state index is 11.3. The Labute approximate surface area is 116 Å². The zero-order valence-electron chi connectivity index (χ0n) is 10.1. The summed E-state index contributed by atoms with van der Waals surface area (Å²) in [5, 5.41) is 15.3. The number of hydrogen-bond donors (Lipinski definition) is 3. The summed E-state index contributed by atoms with van der Waals surface area (Å²) < 4.78 is 22.6. The molecular weight excluding hydrogens is 288 g/mol. The highest BCUT2D eigenvalue weighted by molar-refractivity contribution is 7.89. The molecule has 0 fully saturated rings. The summed E-state index contributed by atoms with van der Waals surface area (Å²) >= 11 is 6.00. The normalized spacial score (nSPS) is 11.5. The average Bonchev–Trinajstić information content (AvgIpc) is 2.72. The van der Waals surface area contributed by atoms with E-state index in [0.717, 1.165) is 11.3 Å². The molecule has 19 heavy (non-hydrogen) atoms. The van der Waals surface area contributed by atoms with E-state index >= 15 is 0 Å². The van der Waals surface area contributed by atoms with Crippen LogP contribution in [0.15, 0.2) is 29.3 Å². The number of nitrogens with zero attached hydrogens (tertiary/aromatic N) is 1. The minimum Gasteiger partial charge on any atom is -0.380 e. The van der Waals surface area contributed by atoms with Crippen LogP contribution in [0.4, 0.5) is 5.69 Å². The molecule has 8 heteroatoms. The third kappa shape index (κ3) is 3.25. The number of nitrogens with one attached hydrogen (secondary N) is 2. The van der Waals surface area contributed by atoms with Crippen molar-refractivity contribution in [2.24, 2.45) is 5.14 Å². The third-order valence-electron chi connectivity index (χ3n) is 2.67. The molecule has 6 nitrogen and oxygen atoms in total. The van der Waals surface area contributed by atoms with Crippen molar-refractivity contribution in [1.29, 1.82) is 0 Å². The molecule has 0 saturated carbocycles. The van der Waals surface area contributed by atoms with Crippen LogP contribution in [-0.2, 0) is 16.6 Å². The Kier molecular flexibility index (Phi) is 3.79. The highest BCUT2D eigenvalue weighted by Crippen LogP contribution is 2.25. The van der Waals surface area contributed by atoms with Crippen LogP contribution in [0.5, 0.6) is 0 Å². The van der Waals surface area contributed by atoms with Crippen molar-refractivity contribution in [3.63, 3.8) is 0 Å². The van der Waals surface area contributed by atoms with Crippen LogP contribution in [0, 0.1) is 6.92 Å². The fourth-order valence-corrected chi connectivity index (χ4v) is 2.29. The van der Waals surface area contributed by atoms with Crippen LogP contribution < -0.4 is 10.5 Å². The van der Waals surface area contributed by atoms with Crippen molar-refractivity contribution >= 4 is 27.3 Å². The maximum Gasteiger partial charge on any atom is 0.238 e. The first-order valence-corrected chi connectivity index (χ1v) is 7.35. The zero-order valence-corrected chi connectivity index (χ0v) is 11.7. The van der Waals surface area contributed by atoms with E-state index in [1.54, 1.807) is 6.20 Å². The summed E-state index contributed by atoms with van der Waals surface area (Å²) in [6.45, 7) is 2.38. The molecule has 4 N–H and O–H groups in total. The van der Waals surface area contributed by atoms with Crippen LogP contribution in [0.25, 0.3) is 0 Å². The number of aromatic amines is 1. The lowest BCUT2D eigenvalue weighted by Gasteiger charge is -2.09. The van der Waals surface area contributed by atoms with E-state index in [0.29, 0.717) is 17.3 Å². The molecule has 0 bridgehead atoms. The van der Waals surface area contributed by atoms with Gasteiger partial charge in [-0.15, -0.1) is 0 Å². The SMILES string of the molecule is Cc1[nH]ncc1CNc1cc(S(N)(=O)=O)ccc1Cl. The van der Waals surface area contributed by atoms with E-state index in [4.69, 9.17) is 16.7 Å². The molecule has 1 heterocycles. The Morgan fingerprint density at radius 2 is 2.21 bits per heavy atom. The van der Waals surface area contributed by atoms with Gasteiger partial charge in [-0.2, -0.15) is 5.10 Å². The van der Waals surface area contributed by atoms with Gasteiger partial charge in [0, 0.05) is 17.8 Å². The van der Waals surface area contributed by atoms with Gasteiger partial charge in [0.2, 0.25) is 10.0 Å². The van der Waals surface area contributed by atoms with Gasteiger partial charge < -0.3 is 5.32 Å². The molecule has 0 aliphatic heterocycles. The summed E-state index contributed by atoms with van der Waals surface area (Å²) in [6, 6.07) is 4.27. The largest absolute Gasteiger partial charge is 0.380 e. The van der Waals surface area contributed by atoms with Gasteiger partial charge in [-0.1, -0.05) is 11.6 Å². The quantitative estimate of drug-likeness (QED) is 0.799. The van der Waals surface area contributed by atoms with Crippen molar-refractivity contribution in [2.45, 2.75) is 18.4 Å². The van der Waals surface area contributed by atoms with Crippen molar-refractivity contribution in [2.75, 3.05) is 5.32 Å². The number of benzene rings is 1. The zero-order chi connectivity index (χ0) is 14.0. The summed E-state index contributed by atoms with van der Waals surface area (Å²) in [6.07, 6.45) is 1.69. The Morgan fingerprint density at radius 1 is 1.47 bits per heavy atom. The van der Waals surface area contributed by atoms with Gasteiger partial charge in [0.25, 0.3) is 0 Å². The molecule has 0 saturated heterocycles. The van der Waals surface area contributed by atoms with Crippen LogP contribution in [0.2, 0.25) is 5.02 Å². The number of aromatic nitrogens is 2. The lowest BCUT2D eigenvalue weighted by molar-refractivity contribution is 0.598. The van der Waals surface area contributed by atoms with Gasteiger partial charge in [-0.25, -0.2) is 13.6 Å². The van der Waals surface area contributed by atoms with E-state index in [1.807, 2.05) is 6.92 Å². The second-order valence-corrected chi connectivity index (χ2v) is 6.03. The second-order valence-electron chi connectivity index (χ2n) is 4.06. The Hall–Kier alpha value is -1.57. The highest BCUT2D eigenvalue weighted by atomic mass is 35.5. The van der Waals surface area contributed by atoms with Crippen molar-refractivity contribution in [3.8, 4) is 0 Å². The molecular formula is C11H13ClN4O2S. The Bertz CT molecular complexity index is 696. The fourth-order valence-electron chi connectivity index (χ4n) is 1.56. The molecule has 0 aliphatic carbocycles. The van der Waals surface area contributed by atoms with E-state index < -0.39 is 10.0 Å². The van der Waals surface area contributed by atoms with Crippen molar-refractivity contribution in [3.05, 3.63) is 40.7 Å². The van der Waals surface area contributed by atoms with Gasteiger partial charge >= 0.3 is 0 Å². The molecule has 1 aromatic heterocycles. The first kappa shape index (κ1) is 13.9. The molecule has 1 aromatic carbocycles. The van der Waals surface area contributed by atoms with Crippen molar-refractivity contribution in [1.82, 2.24) is 10.2 Å². The summed E-state index contributed by atoms with van der Waals surface area (Å²) in [5.74, 6) is 0. The Balaban J connectivity index is 2.23. The summed E-state index contributed by atoms with van der Waals surface area (Å²) in [4.78, 5) is 0.0170. The molecule has 0 aliphatic rings. The van der Waals surface area contributed by atoms with E-state index in [2.05, 4.69) is 15.5 Å². The number of nitrogens with two attached hydrogens (primary N) is 1. The molecule has 0 unspecified atom stereocenters. The maximum absolute atomic E-state index is 11.3. The molecule has 0 amide bonds. The molecule has 0 atom stereocenters. The van der Waals surface area contributed by atoms with Gasteiger partial charge in [0.15, 0.2) is 0 Å². The van der Waals surface area contributed by atoms with Crippen LogP contribution in [0.1, 0.15) is 11.3 Å². The summed E-state index contributed by atoms with van der Waals surface area (Å²) in [5.41, 5.74) is 2.41. The molecule has 2 rings (SSSR count). The molecule has 102 valence electrons. The van der Waals surface area contributed by atoms with E-state index in [1.165, 1.54) is 18.2 Å². The number of primary sulfonamides is 1. The summed E-state index contributed by atoms with van der Waals surface area (Å²) in [7, 11) is -3.74. The first-order valence-electron chi connectivity index (χ1n) is 5.43. The van der Waals surface area contributed by atoms with Gasteiger partial charge in [-0.3, -0.25) is 5.10 Å². The molecule has 2 aromatic rings. The third-order valence-corrected chi connectivity index (χ3v) is 3.91. The van der Waals surface area contributed by atoms with E-state index in [9.17, 15) is 8.42 Å². The number of H-pyrrole nitrogens is 1. The first-order chi connectivity index (χ1) is 8.88. The molecule has 0 spiro atoms. The van der Waals surface area contributed by atoms with Crippen LogP contribution in [-0.4, -0.2) is 18.6 Å². The number of aryl methyl sites for hydroxylation is 1. The topological polar surface area (TPSA) is 101 Å². The number of hydrogen-bond acceptors (Lipinski definition) is 4. The highest BCUT2D eigenvalue weighted by Gasteiger charge is 2.11.